The number of rotatable bonds is 3. The minimum Gasteiger partial charge on any atom is -0.383 e. The van der Waals surface area contributed by atoms with Gasteiger partial charge in [-0.3, -0.25) is 0 Å². The highest BCUT2D eigenvalue weighted by molar-refractivity contribution is 5.55. The van der Waals surface area contributed by atoms with Gasteiger partial charge >= 0.3 is 0 Å². The molecule has 0 aromatic heterocycles. The second-order valence-electron chi connectivity index (χ2n) is 5.15. The standard InChI is InChI=1S/C14H23N3/c1-11(2)16-13-4-6-14(7-5-13)17-9-8-15-12(3)10-17/h4-7,11-12,15-16H,8-10H2,1-3H3. The van der Waals surface area contributed by atoms with Crippen molar-refractivity contribution in [2.75, 3.05) is 29.9 Å². The molecule has 0 spiro atoms. The fraction of sp³-hybridized carbons (Fsp3) is 0.571. The van der Waals surface area contributed by atoms with Gasteiger partial charge in [-0.15, -0.1) is 0 Å². The first kappa shape index (κ1) is 12.2. The van der Waals surface area contributed by atoms with Crippen LogP contribution >= 0.6 is 0 Å². The Morgan fingerprint density at radius 2 is 2.00 bits per heavy atom. The highest BCUT2D eigenvalue weighted by atomic mass is 15.2. The fourth-order valence-corrected chi connectivity index (χ4v) is 2.27. The lowest BCUT2D eigenvalue weighted by Gasteiger charge is -2.33. The molecule has 1 aromatic rings. The molecule has 3 nitrogen and oxygen atoms in total. The van der Waals surface area contributed by atoms with E-state index >= 15 is 0 Å². The van der Waals surface area contributed by atoms with Crippen molar-refractivity contribution in [2.45, 2.75) is 32.9 Å². The van der Waals surface area contributed by atoms with Crippen LogP contribution in [-0.2, 0) is 0 Å². The lowest BCUT2D eigenvalue weighted by molar-refractivity contribution is 0.485. The molecule has 17 heavy (non-hydrogen) atoms. The van der Waals surface area contributed by atoms with E-state index in [4.69, 9.17) is 0 Å². The molecule has 0 saturated carbocycles. The third kappa shape index (κ3) is 3.37. The second kappa shape index (κ2) is 5.41. The quantitative estimate of drug-likeness (QED) is 0.839. The van der Waals surface area contributed by atoms with Crippen LogP contribution in [0.1, 0.15) is 20.8 Å². The van der Waals surface area contributed by atoms with E-state index in [-0.39, 0.29) is 0 Å². The van der Waals surface area contributed by atoms with Gasteiger partial charge in [0.2, 0.25) is 0 Å². The summed E-state index contributed by atoms with van der Waals surface area (Å²) in [4.78, 5) is 2.44. The van der Waals surface area contributed by atoms with Crippen LogP contribution in [0.5, 0.6) is 0 Å². The molecule has 1 unspecified atom stereocenters. The molecule has 1 aliphatic rings. The summed E-state index contributed by atoms with van der Waals surface area (Å²) in [6.45, 7) is 9.82. The van der Waals surface area contributed by atoms with Crippen LogP contribution < -0.4 is 15.5 Å². The molecule has 1 atom stereocenters. The van der Waals surface area contributed by atoms with Crippen molar-refractivity contribution in [2.24, 2.45) is 0 Å². The minimum atomic E-state index is 0.486. The van der Waals surface area contributed by atoms with Gasteiger partial charge in [-0.05, 0) is 45.0 Å². The number of piperazine rings is 1. The number of hydrogen-bond acceptors (Lipinski definition) is 3. The van der Waals surface area contributed by atoms with Crippen LogP contribution in [0.2, 0.25) is 0 Å². The maximum atomic E-state index is 3.47. The summed E-state index contributed by atoms with van der Waals surface area (Å²) in [5, 5.41) is 6.88. The highest BCUT2D eigenvalue weighted by Crippen LogP contribution is 2.19. The fourth-order valence-electron chi connectivity index (χ4n) is 2.27. The summed E-state index contributed by atoms with van der Waals surface area (Å²) in [6, 6.07) is 9.83. The molecule has 1 heterocycles. The third-order valence-corrected chi connectivity index (χ3v) is 3.06. The molecule has 2 rings (SSSR count). The first-order chi connectivity index (χ1) is 8.15. The Morgan fingerprint density at radius 1 is 1.29 bits per heavy atom. The normalized spacial score (nSPS) is 20.7. The van der Waals surface area contributed by atoms with Crippen molar-refractivity contribution in [1.29, 1.82) is 0 Å². The molecule has 2 N–H and O–H groups in total. The lowest BCUT2D eigenvalue weighted by atomic mass is 10.2. The van der Waals surface area contributed by atoms with Gasteiger partial charge in [0.05, 0.1) is 0 Å². The summed E-state index contributed by atoms with van der Waals surface area (Å²) >= 11 is 0. The Hall–Kier alpha value is -1.22. The summed E-state index contributed by atoms with van der Waals surface area (Å²) in [5.74, 6) is 0. The molecule has 1 aliphatic heterocycles. The van der Waals surface area contributed by atoms with E-state index < -0.39 is 0 Å². The van der Waals surface area contributed by atoms with Gasteiger partial charge in [-0.25, -0.2) is 0 Å². The molecular weight excluding hydrogens is 210 g/mol. The monoisotopic (exact) mass is 233 g/mol. The topological polar surface area (TPSA) is 27.3 Å². The maximum Gasteiger partial charge on any atom is 0.0368 e. The summed E-state index contributed by atoms with van der Waals surface area (Å²) in [5.41, 5.74) is 2.53. The number of nitrogens with zero attached hydrogens (tertiary/aromatic N) is 1. The molecule has 1 saturated heterocycles. The minimum absolute atomic E-state index is 0.486. The number of anilines is 2. The number of hydrogen-bond donors (Lipinski definition) is 2. The number of nitrogens with one attached hydrogen (secondary N) is 2. The van der Waals surface area contributed by atoms with Crippen molar-refractivity contribution in [3.8, 4) is 0 Å². The Bertz CT molecular complexity index is 345. The Labute approximate surface area is 104 Å². The van der Waals surface area contributed by atoms with Gasteiger partial charge < -0.3 is 15.5 Å². The average molecular weight is 233 g/mol. The third-order valence-electron chi connectivity index (χ3n) is 3.06. The van der Waals surface area contributed by atoms with Crippen molar-refractivity contribution < 1.29 is 0 Å². The van der Waals surface area contributed by atoms with Gasteiger partial charge in [0.15, 0.2) is 0 Å². The van der Waals surface area contributed by atoms with Crippen LogP contribution in [0.15, 0.2) is 24.3 Å². The molecule has 3 heteroatoms. The second-order valence-corrected chi connectivity index (χ2v) is 5.15. The van der Waals surface area contributed by atoms with Gasteiger partial charge in [-0.2, -0.15) is 0 Å². The average Bonchev–Trinajstić information content (AvgIpc) is 2.29. The first-order valence-corrected chi connectivity index (χ1v) is 6.50. The SMILES string of the molecule is CC(C)Nc1ccc(N2CCNC(C)C2)cc1. The van der Waals surface area contributed by atoms with Crippen LogP contribution in [0.4, 0.5) is 11.4 Å². The Morgan fingerprint density at radius 3 is 2.59 bits per heavy atom. The summed E-state index contributed by atoms with van der Waals surface area (Å²) in [6.07, 6.45) is 0. The van der Waals surface area contributed by atoms with E-state index in [1.54, 1.807) is 0 Å². The first-order valence-electron chi connectivity index (χ1n) is 6.50. The van der Waals surface area contributed by atoms with Gasteiger partial charge in [0.25, 0.3) is 0 Å². The molecule has 0 amide bonds. The van der Waals surface area contributed by atoms with Crippen LogP contribution in [-0.4, -0.2) is 31.7 Å². The smallest absolute Gasteiger partial charge is 0.0368 e. The van der Waals surface area contributed by atoms with E-state index in [2.05, 4.69) is 60.6 Å². The van der Waals surface area contributed by atoms with E-state index in [1.807, 2.05) is 0 Å². The van der Waals surface area contributed by atoms with Crippen molar-refractivity contribution >= 4 is 11.4 Å². The van der Waals surface area contributed by atoms with Gasteiger partial charge in [0, 0.05) is 43.1 Å². The zero-order valence-electron chi connectivity index (χ0n) is 11.0. The Balaban J connectivity index is 2.01. The molecule has 1 fully saturated rings. The summed E-state index contributed by atoms with van der Waals surface area (Å²) < 4.78 is 0. The van der Waals surface area contributed by atoms with Crippen molar-refractivity contribution in [1.82, 2.24) is 5.32 Å². The van der Waals surface area contributed by atoms with E-state index in [1.165, 1.54) is 11.4 Å². The molecule has 0 bridgehead atoms. The zero-order valence-corrected chi connectivity index (χ0v) is 11.0. The highest BCUT2D eigenvalue weighted by Gasteiger charge is 2.15. The number of benzene rings is 1. The zero-order chi connectivity index (χ0) is 12.3. The molecule has 0 radical (unpaired) electrons. The largest absolute Gasteiger partial charge is 0.383 e. The van der Waals surface area contributed by atoms with Gasteiger partial charge in [-0.1, -0.05) is 0 Å². The van der Waals surface area contributed by atoms with Gasteiger partial charge in [0.1, 0.15) is 0 Å². The lowest BCUT2D eigenvalue weighted by Crippen LogP contribution is -2.49. The van der Waals surface area contributed by atoms with Crippen molar-refractivity contribution in [3.05, 3.63) is 24.3 Å². The van der Waals surface area contributed by atoms with Crippen LogP contribution in [0.3, 0.4) is 0 Å². The van der Waals surface area contributed by atoms with Crippen molar-refractivity contribution in [3.63, 3.8) is 0 Å². The van der Waals surface area contributed by atoms with Crippen LogP contribution in [0, 0.1) is 0 Å². The predicted molar refractivity (Wildman–Crippen MR) is 74.9 cm³/mol. The van der Waals surface area contributed by atoms with Crippen LogP contribution in [0.25, 0.3) is 0 Å². The van der Waals surface area contributed by atoms with E-state index in [9.17, 15) is 0 Å². The predicted octanol–water partition coefficient (Wildman–Crippen LogP) is 2.31. The Kier molecular flexibility index (Phi) is 3.89. The molecule has 0 aliphatic carbocycles. The molecule has 1 aromatic carbocycles. The molecule has 94 valence electrons. The summed E-state index contributed by atoms with van der Waals surface area (Å²) in [7, 11) is 0. The van der Waals surface area contributed by atoms with E-state index in [0.717, 1.165) is 19.6 Å². The molecular formula is C14H23N3. The maximum absolute atomic E-state index is 3.47. The van der Waals surface area contributed by atoms with E-state index in [0.29, 0.717) is 12.1 Å².